The number of benzene rings is 1. The fourth-order valence-corrected chi connectivity index (χ4v) is 2.96. The lowest BCUT2D eigenvalue weighted by Gasteiger charge is -2.26. The van der Waals surface area contributed by atoms with Crippen LogP contribution in [0.15, 0.2) is 18.2 Å². The predicted octanol–water partition coefficient (Wildman–Crippen LogP) is 4.28. The van der Waals surface area contributed by atoms with E-state index in [0.29, 0.717) is 25.0 Å². The second kappa shape index (κ2) is 6.32. The largest absolute Gasteiger partial charge is 0.416 e. The first-order valence-electron chi connectivity index (χ1n) is 7.23. The van der Waals surface area contributed by atoms with Crippen molar-refractivity contribution in [2.24, 2.45) is 11.7 Å². The van der Waals surface area contributed by atoms with Gasteiger partial charge in [-0.05, 0) is 42.5 Å². The summed E-state index contributed by atoms with van der Waals surface area (Å²) in [6, 6.07) is -0.0737. The van der Waals surface area contributed by atoms with Crippen molar-refractivity contribution in [3.05, 3.63) is 34.9 Å². The molecule has 2 rings (SSSR count). The zero-order valence-corrected chi connectivity index (χ0v) is 12.1. The fourth-order valence-electron chi connectivity index (χ4n) is 2.96. The van der Waals surface area contributed by atoms with Gasteiger partial charge < -0.3 is 10.8 Å². The Morgan fingerprint density at radius 2 is 1.35 bits per heavy atom. The molecule has 0 saturated heterocycles. The molecule has 23 heavy (non-hydrogen) atoms. The monoisotopic (exact) mass is 341 g/mol. The van der Waals surface area contributed by atoms with Crippen LogP contribution in [-0.4, -0.2) is 11.2 Å². The van der Waals surface area contributed by atoms with Gasteiger partial charge in [0, 0.05) is 0 Å². The van der Waals surface area contributed by atoms with Gasteiger partial charge in [-0.3, -0.25) is 0 Å². The number of halogens is 6. The standard InChI is InChI=1S/C15H17F6NO/c16-14(17,18)10-5-9(6-11(7-10)15(19,20)21)12(22)13(23)8-3-1-2-4-8/h5-8,12-13,23H,1-4,22H2/t12-,13+/m0/s1. The van der Waals surface area contributed by atoms with E-state index >= 15 is 0 Å². The van der Waals surface area contributed by atoms with Gasteiger partial charge in [0.05, 0.1) is 23.3 Å². The average Bonchev–Trinajstić information content (AvgIpc) is 2.97. The molecule has 1 aromatic rings. The molecule has 0 heterocycles. The van der Waals surface area contributed by atoms with Crippen LogP contribution in [0.3, 0.4) is 0 Å². The molecular formula is C15H17F6NO. The number of nitrogens with two attached hydrogens (primary N) is 1. The van der Waals surface area contributed by atoms with E-state index in [2.05, 4.69) is 0 Å². The van der Waals surface area contributed by atoms with Gasteiger partial charge >= 0.3 is 12.4 Å². The van der Waals surface area contributed by atoms with Gasteiger partial charge in [0.2, 0.25) is 0 Å². The summed E-state index contributed by atoms with van der Waals surface area (Å²) in [5.41, 5.74) is 2.56. The second-order valence-corrected chi connectivity index (χ2v) is 5.90. The highest BCUT2D eigenvalue weighted by atomic mass is 19.4. The van der Waals surface area contributed by atoms with E-state index in [1.807, 2.05) is 0 Å². The first-order valence-corrected chi connectivity index (χ1v) is 7.23. The molecule has 1 saturated carbocycles. The van der Waals surface area contributed by atoms with Crippen molar-refractivity contribution in [2.75, 3.05) is 0 Å². The van der Waals surface area contributed by atoms with Crippen LogP contribution in [0.1, 0.15) is 48.4 Å². The zero-order valence-electron chi connectivity index (χ0n) is 12.1. The van der Waals surface area contributed by atoms with Crippen molar-refractivity contribution in [3.63, 3.8) is 0 Å². The zero-order chi connectivity index (χ0) is 17.4. The minimum Gasteiger partial charge on any atom is -0.391 e. The molecule has 0 aliphatic heterocycles. The Bertz CT molecular complexity index is 516. The van der Waals surface area contributed by atoms with E-state index in [9.17, 15) is 31.4 Å². The van der Waals surface area contributed by atoms with E-state index in [1.54, 1.807) is 0 Å². The van der Waals surface area contributed by atoms with E-state index < -0.39 is 35.6 Å². The predicted molar refractivity (Wildman–Crippen MR) is 71.3 cm³/mol. The molecular weight excluding hydrogens is 324 g/mol. The first kappa shape index (κ1) is 18.1. The van der Waals surface area contributed by atoms with E-state index in [1.165, 1.54) is 0 Å². The van der Waals surface area contributed by atoms with Crippen LogP contribution < -0.4 is 5.73 Å². The summed E-state index contributed by atoms with van der Waals surface area (Å²) < 4.78 is 77.0. The summed E-state index contributed by atoms with van der Waals surface area (Å²) in [4.78, 5) is 0. The molecule has 130 valence electrons. The Balaban J connectivity index is 2.40. The number of aliphatic hydroxyl groups is 1. The van der Waals surface area contributed by atoms with Crippen molar-refractivity contribution < 1.29 is 31.4 Å². The maximum atomic E-state index is 12.8. The molecule has 1 aliphatic carbocycles. The van der Waals surface area contributed by atoms with E-state index in [4.69, 9.17) is 5.73 Å². The Labute approximate surface area is 129 Å². The van der Waals surface area contributed by atoms with Crippen molar-refractivity contribution in [3.8, 4) is 0 Å². The smallest absolute Gasteiger partial charge is 0.391 e. The number of aliphatic hydroxyl groups excluding tert-OH is 1. The SMILES string of the molecule is N[C@@H](c1cc(C(F)(F)F)cc(C(F)(F)F)c1)[C@H](O)C1CCCC1. The molecule has 1 aromatic carbocycles. The van der Waals surface area contributed by atoms with Crippen LogP contribution >= 0.6 is 0 Å². The van der Waals surface area contributed by atoms with Gasteiger partial charge in [0.25, 0.3) is 0 Å². The minimum atomic E-state index is -4.92. The molecule has 8 heteroatoms. The third kappa shape index (κ3) is 4.17. The highest BCUT2D eigenvalue weighted by Crippen LogP contribution is 2.39. The van der Waals surface area contributed by atoms with Crippen LogP contribution in [0.2, 0.25) is 0 Å². The summed E-state index contributed by atoms with van der Waals surface area (Å²) in [6.07, 6.45) is -7.94. The molecule has 0 radical (unpaired) electrons. The summed E-state index contributed by atoms with van der Waals surface area (Å²) >= 11 is 0. The summed E-state index contributed by atoms with van der Waals surface area (Å²) in [5.74, 6) is -0.200. The fraction of sp³-hybridized carbons (Fsp3) is 0.600. The molecule has 3 N–H and O–H groups in total. The van der Waals surface area contributed by atoms with Crippen molar-refractivity contribution in [1.82, 2.24) is 0 Å². The van der Waals surface area contributed by atoms with Crippen LogP contribution in [-0.2, 0) is 12.4 Å². The number of hydrogen-bond acceptors (Lipinski definition) is 2. The Hall–Kier alpha value is -1.28. The molecule has 0 bridgehead atoms. The molecule has 0 spiro atoms. The second-order valence-electron chi connectivity index (χ2n) is 5.90. The molecule has 1 aliphatic rings. The quantitative estimate of drug-likeness (QED) is 0.807. The number of hydrogen-bond donors (Lipinski definition) is 2. The molecule has 2 nitrogen and oxygen atoms in total. The van der Waals surface area contributed by atoms with Gasteiger partial charge in [0.15, 0.2) is 0 Å². The van der Waals surface area contributed by atoms with Crippen LogP contribution in [0, 0.1) is 5.92 Å². The lowest BCUT2D eigenvalue weighted by Crippen LogP contribution is -2.32. The molecule has 1 fully saturated rings. The summed E-state index contributed by atoms with van der Waals surface area (Å²) in [5, 5.41) is 10.2. The molecule has 0 amide bonds. The van der Waals surface area contributed by atoms with Gasteiger partial charge in [-0.25, -0.2) is 0 Å². The maximum Gasteiger partial charge on any atom is 0.416 e. The summed E-state index contributed by atoms with van der Waals surface area (Å²) in [7, 11) is 0. The highest BCUT2D eigenvalue weighted by Gasteiger charge is 2.38. The number of alkyl halides is 6. The average molecular weight is 341 g/mol. The lowest BCUT2D eigenvalue weighted by molar-refractivity contribution is -0.143. The van der Waals surface area contributed by atoms with Gasteiger partial charge in [-0.2, -0.15) is 26.3 Å². The molecule has 0 unspecified atom stereocenters. The Kier molecular flexibility index (Phi) is 4.96. The van der Waals surface area contributed by atoms with Crippen molar-refractivity contribution in [1.29, 1.82) is 0 Å². The highest BCUT2D eigenvalue weighted by molar-refractivity contribution is 5.35. The normalized spacial score (nSPS) is 19.8. The minimum absolute atomic E-state index is 0.0537. The van der Waals surface area contributed by atoms with Crippen LogP contribution in [0.25, 0.3) is 0 Å². The lowest BCUT2D eigenvalue weighted by atomic mass is 9.89. The summed E-state index contributed by atoms with van der Waals surface area (Å²) in [6.45, 7) is 0. The van der Waals surface area contributed by atoms with E-state index in [-0.39, 0.29) is 17.5 Å². The number of rotatable bonds is 3. The maximum absolute atomic E-state index is 12.8. The Morgan fingerprint density at radius 3 is 1.74 bits per heavy atom. The van der Waals surface area contributed by atoms with Crippen LogP contribution in [0.5, 0.6) is 0 Å². The third-order valence-corrected chi connectivity index (χ3v) is 4.25. The van der Waals surface area contributed by atoms with Gasteiger partial charge in [-0.1, -0.05) is 12.8 Å². The van der Waals surface area contributed by atoms with E-state index in [0.717, 1.165) is 12.8 Å². The first-order chi connectivity index (χ1) is 10.5. The Morgan fingerprint density at radius 1 is 0.913 bits per heavy atom. The van der Waals surface area contributed by atoms with Crippen molar-refractivity contribution >= 4 is 0 Å². The van der Waals surface area contributed by atoms with Crippen LogP contribution in [0.4, 0.5) is 26.3 Å². The van der Waals surface area contributed by atoms with Gasteiger partial charge in [0.1, 0.15) is 0 Å². The topological polar surface area (TPSA) is 46.2 Å². The third-order valence-electron chi connectivity index (χ3n) is 4.25. The molecule has 0 aromatic heterocycles. The molecule has 2 atom stereocenters. The van der Waals surface area contributed by atoms with Crippen molar-refractivity contribution in [2.45, 2.75) is 50.2 Å². The van der Waals surface area contributed by atoms with Gasteiger partial charge in [-0.15, -0.1) is 0 Å².